The van der Waals surface area contributed by atoms with Crippen molar-refractivity contribution in [2.24, 2.45) is 0 Å². The number of carbonyl (C=O) groups is 1. The predicted octanol–water partition coefficient (Wildman–Crippen LogP) is 1.31. The molecule has 17 heavy (non-hydrogen) atoms. The van der Waals surface area contributed by atoms with Crippen LogP contribution in [0.5, 0.6) is 0 Å². The van der Waals surface area contributed by atoms with Crippen LogP contribution in [0.2, 0.25) is 0 Å². The molecule has 0 radical (unpaired) electrons. The summed E-state index contributed by atoms with van der Waals surface area (Å²) in [6.45, 7) is 1.84. The highest BCUT2D eigenvalue weighted by Gasteiger charge is 2.11. The van der Waals surface area contributed by atoms with Gasteiger partial charge in [-0.25, -0.2) is 4.98 Å². The minimum Gasteiger partial charge on any atom is -0.352 e. The summed E-state index contributed by atoms with van der Waals surface area (Å²) in [7, 11) is -0.901. The average Bonchev–Trinajstić information content (AvgIpc) is 2.63. The summed E-state index contributed by atoms with van der Waals surface area (Å²) in [6, 6.07) is -0.0826. The molecular formula is C10H15ClN2O2S2. The Morgan fingerprint density at radius 2 is 2.41 bits per heavy atom. The van der Waals surface area contributed by atoms with Gasteiger partial charge in [0.1, 0.15) is 5.01 Å². The van der Waals surface area contributed by atoms with Crippen LogP contribution in [-0.4, -0.2) is 33.2 Å². The third-order valence-corrected chi connectivity index (χ3v) is 4.08. The molecule has 1 aromatic heterocycles. The molecule has 0 aliphatic rings. The van der Waals surface area contributed by atoms with Gasteiger partial charge in [0.25, 0.3) is 0 Å². The lowest BCUT2D eigenvalue weighted by Crippen LogP contribution is -2.37. The topological polar surface area (TPSA) is 59.1 Å². The van der Waals surface area contributed by atoms with E-state index in [9.17, 15) is 9.00 Å². The number of amides is 1. The molecule has 0 aliphatic heterocycles. The lowest BCUT2D eigenvalue weighted by atomic mass is 10.3. The minimum absolute atomic E-state index is 0.0826. The highest BCUT2D eigenvalue weighted by molar-refractivity contribution is 7.84. The molecule has 0 bridgehead atoms. The van der Waals surface area contributed by atoms with Gasteiger partial charge >= 0.3 is 0 Å². The molecule has 2 unspecified atom stereocenters. The molecule has 0 spiro atoms. The molecule has 0 fully saturated rings. The number of thiazole rings is 1. The third kappa shape index (κ3) is 5.61. The number of nitrogens with zero attached hydrogens (tertiary/aromatic N) is 1. The summed E-state index contributed by atoms with van der Waals surface area (Å²) in [5.74, 6) is 0.735. The van der Waals surface area contributed by atoms with Gasteiger partial charge in [-0.05, 0) is 6.92 Å². The van der Waals surface area contributed by atoms with Crippen molar-refractivity contribution in [3.63, 3.8) is 0 Å². The molecule has 96 valence electrons. The molecule has 1 heterocycles. The van der Waals surface area contributed by atoms with Crippen LogP contribution in [0.25, 0.3) is 0 Å². The Kier molecular flexibility index (Phi) is 6.08. The van der Waals surface area contributed by atoms with E-state index in [0.717, 1.165) is 10.7 Å². The second kappa shape index (κ2) is 7.08. The van der Waals surface area contributed by atoms with E-state index in [4.69, 9.17) is 11.6 Å². The van der Waals surface area contributed by atoms with Crippen LogP contribution in [0.3, 0.4) is 0 Å². The van der Waals surface area contributed by atoms with Crippen molar-refractivity contribution in [3.8, 4) is 0 Å². The van der Waals surface area contributed by atoms with E-state index < -0.39 is 10.8 Å². The fourth-order valence-corrected chi connectivity index (χ4v) is 3.16. The summed E-state index contributed by atoms with van der Waals surface area (Å²) in [6.07, 6.45) is 1.87. The predicted molar refractivity (Wildman–Crippen MR) is 71.9 cm³/mol. The summed E-state index contributed by atoms with van der Waals surface area (Å²) >= 11 is 7.06. The molecule has 2 atom stereocenters. The normalized spacial score (nSPS) is 14.3. The number of hydrogen-bond donors (Lipinski definition) is 1. The first-order valence-electron chi connectivity index (χ1n) is 5.10. The highest BCUT2D eigenvalue weighted by atomic mass is 35.5. The van der Waals surface area contributed by atoms with Crippen LogP contribution in [0, 0.1) is 0 Å². The number of rotatable bonds is 6. The van der Waals surface area contributed by atoms with Gasteiger partial charge < -0.3 is 5.32 Å². The van der Waals surface area contributed by atoms with Crippen molar-refractivity contribution in [1.29, 1.82) is 0 Å². The van der Waals surface area contributed by atoms with Crippen LogP contribution in [0.15, 0.2) is 5.38 Å². The lowest BCUT2D eigenvalue weighted by Gasteiger charge is -2.11. The van der Waals surface area contributed by atoms with Gasteiger partial charge in [0.2, 0.25) is 5.91 Å². The quantitative estimate of drug-likeness (QED) is 0.805. The van der Waals surface area contributed by atoms with Crippen LogP contribution in [0.4, 0.5) is 0 Å². The second-order valence-corrected chi connectivity index (χ2v) is 6.44. The van der Waals surface area contributed by atoms with Crippen molar-refractivity contribution in [2.45, 2.75) is 25.3 Å². The Hall–Kier alpha value is -0.460. The van der Waals surface area contributed by atoms with Crippen LogP contribution >= 0.6 is 22.9 Å². The van der Waals surface area contributed by atoms with Crippen molar-refractivity contribution >= 4 is 39.6 Å². The first-order chi connectivity index (χ1) is 8.01. The molecule has 1 aromatic rings. The summed E-state index contributed by atoms with van der Waals surface area (Å²) in [5, 5.41) is 5.39. The Balaban J connectivity index is 2.41. The molecule has 0 saturated heterocycles. The van der Waals surface area contributed by atoms with E-state index in [1.54, 1.807) is 6.26 Å². The number of hydrogen-bond acceptors (Lipinski definition) is 4. The third-order valence-electron chi connectivity index (χ3n) is 1.94. The zero-order valence-electron chi connectivity index (χ0n) is 9.73. The monoisotopic (exact) mass is 294 g/mol. The SMILES string of the molecule is CC(CS(C)=O)NC(=O)Cc1nc(CCl)cs1. The Labute approximate surface area is 112 Å². The van der Waals surface area contributed by atoms with Crippen molar-refractivity contribution < 1.29 is 9.00 Å². The summed E-state index contributed by atoms with van der Waals surface area (Å²) in [5.41, 5.74) is 0.794. The number of halogens is 1. The number of alkyl halides is 1. The van der Waals surface area contributed by atoms with Crippen LogP contribution in [-0.2, 0) is 27.9 Å². The van der Waals surface area contributed by atoms with Gasteiger partial charge in [0.05, 0.1) is 18.0 Å². The van der Waals surface area contributed by atoms with E-state index in [2.05, 4.69) is 10.3 Å². The smallest absolute Gasteiger partial charge is 0.227 e. The molecule has 0 aromatic carbocycles. The Morgan fingerprint density at radius 1 is 1.71 bits per heavy atom. The maximum atomic E-state index is 11.6. The molecule has 0 saturated carbocycles. The van der Waals surface area contributed by atoms with Crippen LogP contribution in [0.1, 0.15) is 17.6 Å². The van der Waals surface area contributed by atoms with Gasteiger partial charge in [-0.15, -0.1) is 22.9 Å². The van der Waals surface area contributed by atoms with Gasteiger partial charge in [0.15, 0.2) is 0 Å². The Bertz CT molecular complexity index is 409. The van der Waals surface area contributed by atoms with Gasteiger partial charge in [-0.1, -0.05) is 0 Å². The highest BCUT2D eigenvalue weighted by Crippen LogP contribution is 2.12. The van der Waals surface area contributed by atoms with Gasteiger partial charge in [0, 0.05) is 34.2 Å². The van der Waals surface area contributed by atoms with Gasteiger partial charge in [-0.3, -0.25) is 9.00 Å². The average molecular weight is 295 g/mol. The lowest BCUT2D eigenvalue weighted by molar-refractivity contribution is -0.120. The standard InChI is InChI=1S/C10H15ClN2O2S2/c1-7(6-17(2)15)12-9(14)3-10-13-8(4-11)5-16-10/h5,7H,3-4,6H2,1-2H3,(H,12,14). The van der Waals surface area contributed by atoms with Crippen molar-refractivity contribution in [1.82, 2.24) is 10.3 Å². The van der Waals surface area contributed by atoms with E-state index in [1.165, 1.54) is 11.3 Å². The van der Waals surface area contributed by atoms with E-state index >= 15 is 0 Å². The first kappa shape index (κ1) is 14.6. The molecule has 1 amide bonds. The number of carbonyl (C=O) groups excluding carboxylic acids is 1. The fraction of sp³-hybridized carbons (Fsp3) is 0.600. The maximum absolute atomic E-state index is 11.6. The van der Waals surface area contributed by atoms with Crippen molar-refractivity contribution in [3.05, 3.63) is 16.1 Å². The van der Waals surface area contributed by atoms with Gasteiger partial charge in [-0.2, -0.15) is 0 Å². The largest absolute Gasteiger partial charge is 0.352 e. The summed E-state index contributed by atoms with van der Waals surface area (Å²) in [4.78, 5) is 15.8. The van der Waals surface area contributed by atoms with Crippen molar-refractivity contribution in [2.75, 3.05) is 12.0 Å². The van der Waals surface area contributed by atoms with E-state index in [0.29, 0.717) is 11.6 Å². The molecule has 4 nitrogen and oxygen atoms in total. The Morgan fingerprint density at radius 3 is 2.94 bits per heavy atom. The second-order valence-electron chi connectivity index (χ2n) is 3.75. The molecule has 0 aliphatic carbocycles. The minimum atomic E-state index is -0.901. The first-order valence-corrected chi connectivity index (χ1v) is 8.24. The fourth-order valence-electron chi connectivity index (χ4n) is 1.35. The zero-order valence-corrected chi connectivity index (χ0v) is 12.1. The van der Waals surface area contributed by atoms with Crippen LogP contribution < -0.4 is 5.32 Å². The zero-order chi connectivity index (χ0) is 12.8. The van der Waals surface area contributed by atoms with E-state index in [1.807, 2.05) is 12.3 Å². The molecule has 1 rings (SSSR count). The number of nitrogens with one attached hydrogen (secondary N) is 1. The molecule has 1 N–H and O–H groups in total. The summed E-state index contributed by atoms with van der Waals surface area (Å²) < 4.78 is 11.0. The van der Waals surface area contributed by atoms with E-state index in [-0.39, 0.29) is 18.4 Å². The maximum Gasteiger partial charge on any atom is 0.227 e. The molecule has 7 heteroatoms. The number of aromatic nitrogens is 1. The molecular weight excluding hydrogens is 280 g/mol.